The lowest BCUT2D eigenvalue weighted by Gasteiger charge is -2.38. The van der Waals surface area contributed by atoms with E-state index in [4.69, 9.17) is 9.47 Å². The van der Waals surface area contributed by atoms with Gasteiger partial charge in [-0.25, -0.2) is 4.39 Å². The molecule has 1 aliphatic heterocycles. The maximum atomic E-state index is 13.7. The highest BCUT2D eigenvalue weighted by molar-refractivity contribution is 5.34. The van der Waals surface area contributed by atoms with Crippen LogP contribution in [0.25, 0.3) is 0 Å². The molecular weight excluding hydrogens is 563 g/mol. The number of hydrogen-bond donors (Lipinski definition) is 1. The van der Waals surface area contributed by atoms with E-state index in [0.29, 0.717) is 25.3 Å². The third-order valence-corrected chi connectivity index (χ3v) is 7.24. The Labute approximate surface area is 240 Å². The third kappa shape index (κ3) is 9.06. The van der Waals surface area contributed by atoms with Crippen molar-refractivity contribution >= 4 is 0 Å². The van der Waals surface area contributed by atoms with Gasteiger partial charge in [-0.05, 0) is 84.8 Å². The fraction of sp³-hybridized carbons (Fsp3) is 0.375. The number of nitrogens with one attached hydrogen (secondary N) is 1. The number of hydrogen-bond acceptors (Lipinski definition) is 3. The zero-order chi connectivity index (χ0) is 30.2. The van der Waals surface area contributed by atoms with Gasteiger partial charge in [0.25, 0.3) is 0 Å². The molecule has 0 spiro atoms. The van der Waals surface area contributed by atoms with Gasteiger partial charge in [0.1, 0.15) is 5.82 Å². The monoisotopic (exact) mass is 595 g/mol. The van der Waals surface area contributed by atoms with Gasteiger partial charge in [0.2, 0.25) is 0 Å². The van der Waals surface area contributed by atoms with E-state index < -0.39 is 35.6 Å². The first kappa shape index (κ1) is 31.6. The molecule has 1 N–H and O–H groups in total. The Morgan fingerprint density at radius 1 is 0.857 bits per heavy atom. The molecule has 3 aromatic rings. The first-order valence-electron chi connectivity index (χ1n) is 13.7. The van der Waals surface area contributed by atoms with Crippen molar-refractivity contribution in [3.8, 4) is 0 Å². The van der Waals surface area contributed by atoms with E-state index in [9.17, 15) is 30.7 Å². The van der Waals surface area contributed by atoms with Crippen LogP contribution in [-0.4, -0.2) is 19.5 Å². The Morgan fingerprint density at radius 3 is 2.17 bits per heavy atom. The van der Waals surface area contributed by atoms with E-state index >= 15 is 0 Å². The van der Waals surface area contributed by atoms with Crippen LogP contribution in [0.1, 0.15) is 53.0 Å². The van der Waals surface area contributed by atoms with E-state index in [1.807, 2.05) is 42.6 Å². The molecule has 1 heterocycles. The fourth-order valence-corrected chi connectivity index (χ4v) is 5.14. The van der Waals surface area contributed by atoms with Gasteiger partial charge in [0.05, 0.1) is 24.3 Å². The molecular formula is C32H32F7NO2. The second kappa shape index (κ2) is 14.2. The molecule has 0 amide bonds. The smallest absolute Gasteiger partial charge is 0.387 e. The molecule has 3 aromatic carbocycles. The predicted octanol–water partition coefficient (Wildman–Crippen LogP) is 8.65. The van der Waals surface area contributed by atoms with Crippen molar-refractivity contribution in [2.24, 2.45) is 5.92 Å². The molecule has 3 atom stereocenters. The van der Waals surface area contributed by atoms with Crippen molar-refractivity contribution in [2.45, 2.75) is 56.8 Å². The minimum Gasteiger partial charge on any atom is -0.387 e. The lowest BCUT2D eigenvalue weighted by atomic mass is 9.79. The average Bonchev–Trinajstić information content (AvgIpc) is 2.95. The zero-order valence-electron chi connectivity index (χ0n) is 22.7. The molecule has 0 radical (unpaired) electrons. The molecule has 226 valence electrons. The van der Waals surface area contributed by atoms with Crippen LogP contribution in [0.3, 0.4) is 0 Å². The van der Waals surface area contributed by atoms with Crippen LogP contribution in [0.2, 0.25) is 0 Å². The molecule has 0 aromatic heterocycles. The minimum absolute atomic E-state index is 0.0957. The summed E-state index contributed by atoms with van der Waals surface area (Å²) in [6.45, 7) is 0.918. The van der Waals surface area contributed by atoms with Gasteiger partial charge in [0.15, 0.2) is 6.29 Å². The number of ether oxygens (including phenoxy) is 2. The molecule has 1 aliphatic rings. The number of alkyl halides is 6. The molecule has 4 rings (SSSR count). The second-order valence-electron chi connectivity index (χ2n) is 10.2. The quantitative estimate of drug-likeness (QED) is 0.225. The van der Waals surface area contributed by atoms with Crippen LogP contribution in [0.4, 0.5) is 30.7 Å². The maximum Gasteiger partial charge on any atom is 0.416 e. The molecule has 10 heteroatoms. The van der Waals surface area contributed by atoms with Gasteiger partial charge in [0, 0.05) is 12.5 Å². The molecule has 0 saturated carbocycles. The van der Waals surface area contributed by atoms with Gasteiger partial charge in [-0.15, -0.1) is 0 Å². The summed E-state index contributed by atoms with van der Waals surface area (Å²) < 4.78 is 105. The first-order valence-corrected chi connectivity index (χ1v) is 13.7. The van der Waals surface area contributed by atoms with E-state index in [1.54, 1.807) is 12.1 Å². The van der Waals surface area contributed by atoms with Gasteiger partial charge in [-0.1, -0.05) is 48.5 Å². The van der Waals surface area contributed by atoms with Crippen LogP contribution in [0.5, 0.6) is 0 Å². The number of allylic oxidation sites excluding steroid dienone is 1. The predicted molar refractivity (Wildman–Crippen MR) is 145 cm³/mol. The third-order valence-electron chi connectivity index (χ3n) is 7.24. The van der Waals surface area contributed by atoms with Crippen LogP contribution in [0, 0.1) is 11.7 Å². The number of benzene rings is 3. The summed E-state index contributed by atoms with van der Waals surface area (Å²) in [5.41, 5.74) is -0.928. The molecule has 0 bridgehead atoms. The Kier molecular flexibility index (Phi) is 10.7. The standard InChI is InChI=1S/C32H32F7NO2/c33-28-11-9-25(10-12-28)29-24(8-4-5-15-40-21-22-6-2-1-3-7-22)14-17-42-30(29)41-16-13-23-18-26(31(34,35)36)20-27(19-23)32(37,38)39/h1-3,5-7,9-12,15,18-20,24,29-30,40H,4,8,13-14,16-17,21H2. The van der Waals surface area contributed by atoms with Gasteiger partial charge < -0.3 is 14.8 Å². The molecule has 3 nitrogen and oxygen atoms in total. The highest BCUT2D eigenvalue weighted by atomic mass is 19.4. The number of rotatable bonds is 11. The van der Waals surface area contributed by atoms with Gasteiger partial charge in [-0.3, -0.25) is 0 Å². The summed E-state index contributed by atoms with van der Waals surface area (Å²) in [5, 5.41) is 3.25. The van der Waals surface area contributed by atoms with E-state index in [2.05, 4.69) is 5.32 Å². The van der Waals surface area contributed by atoms with Gasteiger partial charge >= 0.3 is 12.4 Å². The number of halogens is 7. The Morgan fingerprint density at radius 2 is 1.52 bits per heavy atom. The summed E-state index contributed by atoms with van der Waals surface area (Å²) in [5.74, 6) is -0.599. The van der Waals surface area contributed by atoms with Crippen LogP contribution >= 0.6 is 0 Å². The second-order valence-corrected chi connectivity index (χ2v) is 10.2. The highest BCUT2D eigenvalue weighted by Gasteiger charge is 2.38. The molecule has 3 unspecified atom stereocenters. The maximum absolute atomic E-state index is 13.7. The van der Waals surface area contributed by atoms with E-state index in [-0.39, 0.29) is 36.5 Å². The topological polar surface area (TPSA) is 30.5 Å². The lowest BCUT2D eigenvalue weighted by Crippen LogP contribution is -2.37. The summed E-state index contributed by atoms with van der Waals surface area (Å²) >= 11 is 0. The summed E-state index contributed by atoms with van der Waals surface area (Å²) in [4.78, 5) is 0. The molecule has 1 saturated heterocycles. The van der Waals surface area contributed by atoms with Crippen LogP contribution < -0.4 is 5.32 Å². The molecule has 42 heavy (non-hydrogen) atoms. The zero-order valence-corrected chi connectivity index (χ0v) is 22.7. The lowest BCUT2D eigenvalue weighted by molar-refractivity contribution is -0.188. The molecule has 1 fully saturated rings. The van der Waals surface area contributed by atoms with Crippen molar-refractivity contribution in [1.29, 1.82) is 0 Å². The Bertz CT molecular complexity index is 1260. The SMILES string of the molecule is Fc1ccc(C2C(CCC=CNCc3ccccc3)CCOC2OCCc2cc(C(F)(F)F)cc(C(F)(F)F)c2)cc1. The first-order chi connectivity index (χ1) is 20.0. The van der Waals surface area contributed by atoms with Crippen molar-refractivity contribution in [3.05, 3.63) is 119 Å². The molecule has 0 aliphatic carbocycles. The Balaban J connectivity index is 1.41. The average molecular weight is 596 g/mol. The fourth-order valence-electron chi connectivity index (χ4n) is 5.14. The van der Waals surface area contributed by atoms with Crippen LogP contribution in [-0.2, 0) is 34.8 Å². The normalized spacial score (nSPS) is 19.7. The van der Waals surface area contributed by atoms with E-state index in [1.165, 1.54) is 12.1 Å². The van der Waals surface area contributed by atoms with Crippen molar-refractivity contribution in [2.75, 3.05) is 13.2 Å². The van der Waals surface area contributed by atoms with Crippen LogP contribution in [0.15, 0.2) is 85.1 Å². The largest absolute Gasteiger partial charge is 0.416 e. The van der Waals surface area contributed by atoms with Crippen molar-refractivity contribution < 1.29 is 40.2 Å². The summed E-state index contributed by atoms with van der Waals surface area (Å²) in [6, 6.07) is 17.5. The van der Waals surface area contributed by atoms with Gasteiger partial charge in [-0.2, -0.15) is 26.3 Å². The van der Waals surface area contributed by atoms with Crippen molar-refractivity contribution in [1.82, 2.24) is 5.32 Å². The highest BCUT2D eigenvalue weighted by Crippen LogP contribution is 2.40. The Hall–Kier alpha value is -3.37. The van der Waals surface area contributed by atoms with Crippen molar-refractivity contribution in [3.63, 3.8) is 0 Å². The summed E-state index contributed by atoms with van der Waals surface area (Å²) in [6.07, 6.45) is -4.63. The summed E-state index contributed by atoms with van der Waals surface area (Å²) in [7, 11) is 0. The minimum atomic E-state index is -4.92. The van der Waals surface area contributed by atoms with E-state index in [0.717, 1.165) is 30.4 Å².